The average Bonchev–Trinajstić information content (AvgIpc) is 1.86. The van der Waals surface area contributed by atoms with Crippen LogP contribution in [0.25, 0.3) is 0 Å². The molecule has 0 bridgehead atoms. The van der Waals surface area contributed by atoms with Crippen molar-refractivity contribution in [1.82, 2.24) is 0 Å². The monoisotopic (exact) mass is 164 g/mol. The maximum absolute atomic E-state index is 11.2. The van der Waals surface area contributed by atoms with Crippen LogP contribution in [0, 0.1) is 5.92 Å². The summed E-state index contributed by atoms with van der Waals surface area (Å²) in [4.78, 5) is 11.0. The van der Waals surface area contributed by atoms with E-state index in [0.717, 1.165) is 0 Å². The third-order valence-corrected chi connectivity index (χ3v) is 3.26. The fraction of sp³-hybridized carbons (Fsp3) is 0.833. The summed E-state index contributed by atoms with van der Waals surface area (Å²) >= 11 is 0. The fourth-order valence-corrected chi connectivity index (χ4v) is 1.68. The standard InChI is InChI=1S/C6H13O3P/c1-5(2)6(7)10(4,8)9-3/h5H,1-4H3. The van der Waals surface area contributed by atoms with Gasteiger partial charge in [-0.1, -0.05) is 13.8 Å². The van der Waals surface area contributed by atoms with Gasteiger partial charge in [0.15, 0.2) is 0 Å². The van der Waals surface area contributed by atoms with Crippen molar-refractivity contribution >= 4 is 12.9 Å². The Kier molecular flexibility index (Phi) is 3.26. The summed E-state index contributed by atoms with van der Waals surface area (Å²) in [5.41, 5.74) is -0.296. The molecule has 0 aliphatic rings. The van der Waals surface area contributed by atoms with E-state index in [1.165, 1.54) is 13.8 Å². The second kappa shape index (κ2) is 3.31. The fourth-order valence-electron chi connectivity index (χ4n) is 0.559. The molecular weight excluding hydrogens is 151 g/mol. The van der Waals surface area contributed by atoms with E-state index < -0.39 is 7.37 Å². The molecule has 0 aromatic heterocycles. The topological polar surface area (TPSA) is 43.4 Å². The first-order chi connectivity index (χ1) is 4.41. The average molecular weight is 164 g/mol. The molecule has 0 N–H and O–H groups in total. The van der Waals surface area contributed by atoms with Gasteiger partial charge in [0.25, 0.3) is 7.37 Å². The van der Waals surface area contributed by atoms with Crippen LogP contribution in [-0.2, 0) is 13.9 Å². The minimum atomic E-state index is -2.96. The minimum absolute atomic E-state index is 0.212. The second-order valence-corrected chi connectivity index (χ2v) is 5.02. The van der Waals surface area contributed by atoms with Crippen LogP contribution in [0.2, 0.25) is 0 Å². The summed E-state index contributed by atoms with van der Waals surface area (Å²) in [5, 5.41) is 0. The van der Waals surface area contributed by atoms with Gasteiger partial charge in [-0.05, 0) is 0 Å². The lowest BCUT2D eigenvalue weighted by Gasteiger charge is -2.10. The summed E-state index contributed by atoms with van der Waals surface area (Å²) in [6.45, 7) is 4.75. The zero-order chi connectivity index (χ0) is 8.36. The molecular formula is C6H13O3P. The van der Waals surface area contributed by atoms with E-state index in [9.17, 15) is 9.36 Å². The van der Waals surface area contributed by atoms with Crippen LogP contribution < -0.4 is 0 Å². The van der Waals surface area contributed by atoms with E-state index in [2.05, 4.69) is 4.52 Å². The Balaban J connectivity index is 4.35. The Morgan fingerprint density at radius 1 is 1.50 bits per heavy atom. The summed E-state index contributed by atoms with van der Waals surface area (Å²) in [6.07, 6.45) is 0. The molecule has 3 nitrogen and oxygen atoms in total. The van der Waals surface area contributed by atoms with E-state index in [4.69, 9.17) is 0 Å². The van der Waals surface area contributed by atoms with Crippen molar-refractivity contribution in [3.05, 3.63) is 0 Å². The van der Waals surface area contributed by atoms with Crippen molar-refractivity contribution in [2.75, 3.05) is 13.8 Å². The Hall–Kier alpha value is -0.140. The predicted molar refractivity (Wildman–Crippen MR) is 40.4 cm³/mol. The van der Waals surface area contributed by atoms with Crippen LogP contribution in [0.1, 0.15) is 13.8 Å². The smallest absolute Gasteiger partial charge is 0.263 e. The van der Waals surface area contributed by atoms with Gasteiger partial charge in [0.05, 0.1) is 0 Å². The van der Waals surface area contributed by atoms with Gasteiger partial charge in [0.2, 0.25) is 5.52 Å². The third-order valence-electron chi connectivity index (χ3n) is 1.24. The summed E-state index contributed by atoms with van der Waals surface area (Å²) < 4.78 is 15.7. The molecule has 1 atom stereocenters. The van der Waals surface area contributed by atoms with Crippen molar-refractivity contribution in [3.63, 3.8) is 0 Å². The number of rotatable bonds is 3. The molecule has 0 spiro atoms. The molecule has 0 fully saturated rings. The van der Waals surface area contributed by atoms with Gasteiger partial charge >= 0.3 is 0 Å². The highest BCUT2D eigenvalue weighted by Crippen LogP contribution is 2.44. The second-order valence-electron chi connectivity index (χ2n) is 2.52. The van der Waals surface area contributed by atoms with Gasteiger partial charge in [-0.3, -0.25) is 9.36 Å². The lowest BCUT2D eigenvalue weighted by atomic mass is 10.3. The van der Waals surface area contributed by atoms with E-state index >= 15 is 0 Å². The molecule has 0 radical (unpaired) electrons. The molecule has 10 heavy (non-hydrogen) atoms. The first-order valence-corrected chi connectivity index (χ1v) is 5.16. The van der Waals surface area contributed by atoms with Gasteiger partial charge < -0.3 is 4.52 Å². The van der Waals surface area contributed by atoms with Gasteiger partial charge in [-0.15, -0.1) is 0 Å². The summed E-state index contributed by atoms with van der Waals surface area (Å²) in [5.74, 6) is -0.212. The van der Waals surface area contributed by atoms with Gasteiger partial charge in [0, 0.05) is 19.7 Å². The Labute approximate surface area is 61.2 Å². The lowest BCUT2D eigenvalue weighted by molar-refractivity contribution is -0.115. The van der Waals surface area contributed by atoms with Crippen molar-refractivity contribution in [3.8, 4) is 0 Å². The number of carbonyl (C=O) groups excluding carboxylic acids is 1. The normalized spacial score (nSPS) is 16.9. The van der Waals surface area contributed by atoms with Crippen LogP contribution in [0.15, 0.2) is 0 Å². The van der Waals surface area contributed by atoms with Gasteiger partial charge in [-0.25, -0.2) is 0 Å². The zero-order valence-corrected chi connectivity index (χ0v) is 7.64. The Morgan fingerprint density at radius 2 is 1.90 bits per heavy atom. The van der Waals surface area contributed by atoms with Crippen LogP contribution in [0.5, 0.6) is 0 Å². The number of carbonyl (C=O) groups is 1. The molecule has 0 aliphatic heterocycles. The molecule has 0 aromatic rings. The largest absolute Gasteiger partial charge is 0.327 e. The van der Waals surface area contributed by atoms with Crippen LogP contribution >= 0.6 is 7.37 Å². The summed E-state index contributed by atoms with van der Waals surface area (Å²) in [6, 6.07) is 0. The minimum Gasteiger partial charge on any atom is -0.327 e. The quantitative estimate of drug-likeness (QED) is 0.596. The van der Waals surface area contributed by atoms with Crippen LogP contribution in [0.4, 0.5) is 0 Å². The number of hydrogen-bond acceptors (Lipinski definition) is 3. The molecule has 0 saturated heterocycles. The van der Waals surface area contributed by atoms with Crippen molar-refractivity contribution in [1.29, 1.82) is 0 Å². The molecule has 1 unspecified atom stereocenters. The maximum Gasteiger partial charge on any atom is 0.263 e. The van der Waals surface area contributed by atoms with Crippen LogP contribution in [-0.4, -0.2) is 19.3 Å². The highest BCUT2D eigenvalue weighted by atomic mass is 31.2. The molecule has 0 saturated carbocycles. The maximum atomic E-state index is 11.2. The SMILES string of the molecule is COP(C)(=O)C(=O)C(C)C. The van der Waals surface area contributed by atoms with E-state index in [-0.39, 0.29) is 11.4 Å². The highest BCUT2D eigenvalue weighted by molar-refractivity contribution is 7.75. The van der Waals surface area contributed by atoms with Crippen molar-refractivity contribution in [2.45, 2.75) is 13.8 Å². The molecule has 0 rings (SSSR count). The molecule has 60 valence electrons. The Bertz CT molecular complexity index is 174. The first kappa shape index (κ1) is 9.86. The molecule has 0 aliphatic carbocycles. The van der Waals surface area contributed by atoms with E-state index in [1.54, 1.807) is 13.8 Å². The summed E-state index contributed by atoms with van der Waals surface area (Å²) in [7, 11) is -1.67. The predicted octanol–water partition coefficient (Wildman–Crippen LogP) is 1.72. The molecule has 0 amide bonds. The molecule has 4 heteroatoms. The third kappa shape index (κ3) is 2.24. The van der Waals surface area contributed by atoms with Gasteiger partial charge in [0.1, 0.15) is 0 Å². The zero-order valence-electron chi connectivity index (χ0n) is 6.75. The number of hydrogen-bond donors (Lipinski definition) is 0. The van der Waals surface area contributed by atoms with Gasteiger partial charge in [-0.2, -0.15) is 0 Å². The van der Waals surface area contributed by atoms with Crippen molar-refractivity contribution < 1.29 is 13.9 Å². The first-order valence-electron chi connectivity index (χ1n) is 3.09. The van der Waals surface area contributed by atoms with E-state index in [1.807, 2.05) is 0 Å². The van der Waals surface area contributed by atoms with Crippen molar-refractivity contribution in [2.24, 2.45) is 5.92 Å². The molecule has 0 aromatic carbocycles. The molecule has 0 heterocycles. The van der Waals surface area contributed by atoms with E-state index in [0.29, 0.717) is 0 Å². The lowest BCUT2D eigenvalue weighted by Crippen LogP contribution is -2.07. The van der Waals surface area contributed by atoms with Crippen LogP contribution in [0.3, 0.4) is 0 Å². The Morgan fingerprint density at radius 3 is 2.00 bits per heavy atom. The highest BCUT2D eigenvalue weighted by Gasteiger charge is 2.27.